The number of aryl methyl sites for hydroxylation is 2. The molecule has 1 amide bonds. The first-order chi connectivity index (χ1) is 13.7. The molecule has 0 radical (unpaired) electrons. The molecule has 1 aromatic carbocycles. The minimum atomic E-state index is -0.315. The zero-order valence-corrected chi connectivity index (χ0v) is 17.9. The van der Waals surface area contributed by atoms with Gasteiger partial charge in [0.25, 0.3) is 0 Å². The summed E-state index contributed by atoms with van der Waals surface area (Å²) in [6.07, 6.45) is 0. The van der Waals surface area contributed by atoms with Crippen LogP contribution in [0.2, 0.25) is 0 Å². The fraction of sp³-hybridized carbons (Fsp3) is 0.500. The van der Waals surface area contributed by atoms with Crippen molar-refractivity contribution in [2.24, 2.45) is 0 Å². The Balaban J connectivity index is 1.59. The first-order valence-electron chi connectivity index (χ1n) is 10.2. The van der Waals surface area contributed by atoms with E-state index in [0.717, 1.165) is 43.5 Å². The highest BCUT2D eigenvalue weighted by molar-refractivity contribution is 5.94. The molecule has 1 unspecified atom stereocenters. The van der Waals surface area contributed by atoms with Gasteiger partial charge in [0.05, 0.1) is 6.04 Å². The normalized spacial score (nSPS) is 16.2. The van der Waals surface area contributed by atoms with Crippen molar-refractivity contribution in [3.05, 3.63) is 47.2 Å². The fourth-order valence-electron chi connectivity index (χ4n) is 3.42. The molecule has 0 bridgehead atoms. The maximum Gasteiger partial charge on any atom is 0.241 e. The van der Waals surface area contributed by atoms with Gasteiger partial charge in [0.15, 0.2) is 0 Å². The van der Waals surface area contributed by atoms with Crippen molar-refractivity contribution in [3.8, 4) is 0 Å². The number of anilines is 2. The number of aromatic nitrogens is 2. The Kier molecular flexibility index (Phi) is 6.47. The third-order valence-electron chi connectivity index (χ3n) is 5.38. The average molecular weight is 400 g/mol. The van der Waals surface area contributed by atoms with Gasteiger partial charge in [0, 0.05) is 49.5 Å². The monoisotopic (exact) mass is 399 g/mol. The van der Waals surface area contributed by atoms with Crippen molar-refractivity contribution in [1.82, 2.24) is 14.9 Å². The van der Waals surface area contributed by atoms with Crippen LogP contribution >= 0.6 is 0 Å². The molecular formula is C22H30FN5O. The number of benzene rings is 1. The van der Waals surface area contributed by atoms with Gasteiger partial charge >= 0.3 is 0 Å². The zero-order chi connectivity index (χ0) is 21.1. The molecule has 156 valence electrons. The number of halogens is 1. The Morgan fingerprint density at radius 2 is 1.76 bits per heavy atom. The number of rotatable bonds is 5. The Bertz CT molecular complexity index is 878. The molecule has 29 heavy (non-hydrogen) atoms. The van der Waals surface area contributed by atoms with Crippen LogP contribution in [0.4, 0.5) is 15.9 Å². The van der Waals surface area contributed by atoms with E-state index in [4.69, 9.17) is 4.98 Å². The summed E-state index contributed by atoms with van der Waals surface area (Å²) in [4.78, 5) is 26.2. The molecule has 2 heterocycles. The standard InChI is InChI=1S/C22H30FN5O/c1-14(2)21-24-16(4)12-20(26-21)28-10-8-27(9-11-28)17(5)22(29)25-18-7-6-15(3)19(23)13-18/h6-7,12-14,17H,8-11H2,1-5H3,(H,25,29). The van der Waals surface area contributed by atoms with E-state index < -0.39 is 0 Å². The molecule has 1 N–H and O–H groups in total. The molecule has 3 rings (SSSR count). The first-order valence-corrected chi connectivity index (χ1v) is 10.2. The van der Waals surface area contributed by atoms with Crippen LogP contribution < -0.4 is 10.2 Å². The highest BCUT2D eigenvalue weighted by Crippen LogP contribution is 2.20. The maximum absolute atomic E-state index is 13.7. The molecule has 1 saturated heterocycles. The quantitative estimate of drug-likeness (QED) is 0.834. The third kappa shape index (κ3) is 5.09. The molecule has 1 atom stereocenters. The van der Waals surface area contributed by atoms with E-state index in [1.807, 2.05) is 19.9 Å². The summed E-state index contributed by atoms with van der Waals surface area (Å²) in [6.45, 7) is 12.9. The van der Waals surface area contributed by atoms with Crippen LogP contribution in [0.15, 0.2) is 24.3 Å². The molecule has 1 aromatic heterocycles. The van der Waals surface area contributed by atoms with Crippen molar-refractivity contribution < 1.29 is 9.18 Å². The lowest BCUT2D eigenvalue weighted by atomic mass is 10.1. The van der Waals surface area contributed by atoms with Crippen LogP contribution in [0.1, 0.15) is 43.8 Å². The highest BCUT2D eigenvalue weighted by atomic mass is 19.1. The Hall–Kier alpha value is -2.54. The van der Waals surface area contributed by atoms with E-state index in [1.54, 1.807) is 19.1 Å². The zero-order valence-electron chi connectivity index (χ0n) is 17.9. The second-order valence-electron chi connectivity index (χ2n) is 8.03. The van der Waals surface area contributed by atoms with Gasteiger partial charge in [0.1, 0.15) is 17.5 Å². The first kappa shape index (κ1) is 21.2. The average Bonchev–Trinajstić information content (AvgIpc) is 2.69. The summed E-state index contributed by atoms with van der Waals surface area (Å²) < 4.78 is 13.7. The summed E-state index contributed by atoms with van der Waals surface area (Å²) in [6, 6.07) is 6.49. The number of hydrogen-bond acceptors (Lipinski definition) is 5. The predicted molar refractivity (Wildman–Crippen MR) is 114 cm³/mol. The van der Waals surface area contributed by atoms with E-state index in [2.05, 4.69) is 33.9 Å². The van der Waals surface area contributed by atoms with Gasteiger partial charge in [-0.15, -0.1) is 0 Å². The summed E-state index contributed by atoms with van der Waals surface area (Å²) in [5.74, 6) is 1.66. The van der Waals surface area contributed by atoms with Gasteiger partial charge in [-0.3, -0.25) is 9.69 Å². The molecule has 1 aliphatic rings. The number of nitrogens with one attached hydrogen (secondary N) is 1. The Labute approximate surface area is 172 Å². The van der Waals surface area contributed by atoms with Gasteiger partial charge in [-0.05, 0) is 38.5 Å². The van der Waals surface area contributed by atoms with Gasteiger partial charge in [-0.2, -0.15) is 0 Å². The number of piperazine rings is 1. The molecular weight excluding hydrogens is 369 g/mol. The van der Waals surface area contributed by atoms with Crippen molar-refractivity contribution in [2.45, 2.75) is 46.6 Å². The molecule has 1 aliphatic heterocycles. The van der Waals surface area contributed by atoms with Crippen molar-refractivity contribution in [2.75, 3.05) is 36.4 Å². The SMILES string of the molecule is Cc1cc(N2CCN(C(C)C(=O)Nc3ccc(C)c(F)c3)CC2)nc(C(C)C)n1. The minimum Gasteiger partial charge on any atom is -0.354 e. The molecule has 1 fully saturated rings. The number of hydrogen-bond donors (Lipinski definition) is 1. The lowest BCUT2D eigenvalue weighted by Gasteiger charge is -2.38. The van der Waals surface area contributed by atoms with Gasteiger partial charge < -0.3 is 10.2 Å². The Morgan fingerprint density at radius 1 is 1.07 bits per heavy atom. The minimum absolute atomic E-state index is 0.123. The topological polar surface area (TPSA) is 61.4 Å². The van der Waals surface area contributed by atoms with Crippen molar-refractivity contribution >= 4 is 17.4 Å². The van der Waals surface area contributed by atoms with Crippen LogP contribution in [0.25, 0.3) is 0 Å². The van der Waals surface area contributed by atoms with E-state index in [-0.39, 0.29) is 23.7 Å². The van der Waals surface area contributed by atoms with E-state index >= 15 is 0 Å². The van der Waals surface area contributed by atoms with Crippen molar-refractivity contribution in [1.29, 1.82) is 0 Å². The number of carbonyl (C=O) groups excluding carboxylic acids is 1. The lowest BCUT2D eigenvalue weighted by molar-refractivity contribution is -0.120. The molecule has 0 saturated carbocycles. The lowest BCUT2D eigenvalue weighted by Crippen LogP contribution is -2.53. The second kappa shape index (κ2) is 8.86. The van der Waals surface area contributed by atoms with Gasteiger partial charge in [-0.1, -0.05) is 19.9 Å². The molecule has 0 aliphatic carbocycles. The van der Waals surface area contributed by atoms with E-state index in [9.17, 15) is 9.18 Å². The van der Waals surface area contributed by atoms with Gasteiger partial charge in [-0.25, -0.2) is 14.4 Å². The summed E-state index contributed by atoms with van der Waals surface area (Å²) in [7, 11) is 0. The van der Waals surface area contributed by atoms with Crippen LogP contribution in [0.3, 0.4) is 0 Å². The van der Waals surface area contributed by atoms with Crippen LogP contribution in [-0.2, 0) is 4.79 Å². The smallest absolute Gasteiger partial charge is 0.241 e. The number of nitrogens with zero attached hydrogens (tertiary/aromatic N) is 4. The predicted octanol–water partition coefficient (Wildman–Crippen LogP) is 3.51. The molecule has 0 spiro atoms. The van der Waals surface area contributed by atoms with Crippen LogP contribution in [-0.4, -0.2) is 53.0 Å². The molecule has 7 heteroatoms. The Morgan fingerprint density at radius 3 is 2.38 bits per heavy atom. The third-order valence-corrected chi connectivity index (χ3v) is 5.38. The van der Waals surface area contributed by atoms with E-state index in [1.165, 1.54) is 6.07 Å². The fourth-order valence-corrected chi connectivity index (χ4v) is 3.42. The largest absolute Gasteiger partial charge is 0.354 e. The number of carbonyl (C=O) groups is 1. The molecule has 2 aromatic rings. The summed E-state index contributed by atoms with van der Waals surface area (Å²) >= 11 is 0. The number of amides is 1. The summed E-state index contributed by atoms with van der Waals surface area (Å²) in [5.41, 5.74) is 2.02. The maximum atomic E-state index is 13.7. The van der Waals surface area contributed by atoms with Crippen molar-refractivity contribution in [3.63, 3.8) is 0 Å². The summed E-state index contributed by atoms with van der Waals surface area (Å²) in [5, 5.41) is 2.82. The highest BCUT2D eigenvalue weighted by Gasteiger charge is 2.26. The van der Waals surface area contributed by atoms with Crippen LogP contribution in [0, 0.1) is 19.7 Å². The van der Waals surface area contributed by atoms with Gasteiger partial charge in [0.2, 0.25) is 5.91 Å². The van der Waals surface area contributed by atoms with Crippen LogP contribution in [0.5, 0.6) is 0 Å². The second-order valence-corrected chi connectivity index (χ2v) is 8.03. The molecule has 6 nitrogen and oxygen atoms in total. The van der Waals surface area contributed by atoms with E-state index in [0.29, 0.717) is 11.3 Å².